The molecule has 0 aliphatic heterocycles. The molecule has 0 amide bonds. The molecule has 0 fully saturated rings. The van der Waals surface area contributed by atoms with Crippen LogP contribution in [0.2, 0.25) is 0 Å². The van der Waals surface area contributed by atoms with Crippen molar-refractivity contribution in [2.24, 2.45) is 5.73 Å². The average molecular weight is 311 g/mol. The molecule has 1 rings (SSSR count). The second-order valence-corrected chi connectivity index (χ2v) is 4.03. The van der Waals surface area contributed by atoms with Crippen molar-refractivity contribution in [3.05, 3.63) is 33.9 Å². The molecule has 0 radical (unpaired) electrons. The maximum Gasteiger partial charge on any atom is 0.292 e. The normalized spacial score (nSPS) is 9.63. The maximum atomic E-state index is 10.7. The van der Waals surface area contributed by atoms with Crippen LogP contribution in [-0.4, -0.2) is 30.0 Å². The third-order valence-corrected chi connectivity index (χ3v) is 2.49. The Bertz CT molecular complexity index is 404. The Labute approximate surface area is 125 Å². The molecule has 0 atom stereocenters. The molecule has 0 heterocycles. The minimum absolute atomic E-state index is 0. The first-order chi connectivity index (χ1) is 8.04. The van der Waals surface area contributed by atoms with Gasteiger partial charge in [-0.25, -0.2) is 0 Å². The van der Waals surface area contributed by atoms with E-state index in [4.69, 9.17) is 11.5 Å². The zero-order valence-corrected chi connectivity index (χ0v) is 12.4. The lowest BCUT2D eigenvalue weighted by atomic mass is 10.1. The summed E-state index contributed by atoms with van der Waals surface area (Å²) in [6, 6.07) is 4.90. The van der Waals surface area contributed by atoms with Crippen molar-refractivity contribution in [1.29, 1.82) is 0 Å². The molecule has 0 aliphatic rings. The smallest absolute Gasteiger partial charge is 0.292 e. The summed E-state index contributed by atoms with van der Waals surface area (Å²) in [6.07, 6.45) is 0.910. The van der Waals surface area contributed by atoms with Crippen LogP contribution in [0.3, 0.4) is 0 Å². The van der Waals surface area contributed by atoms with E-state index in [0.29, 0.717) is 13.1 Å². The molecule has 4 N–H and O–H groups in total. The number of hydrogen-bond donors (Lipinski definition) is 2. The Morgan fingerprint density at radius 1 is 1.37 bits per heavy atom. The van der Waals surface area contributed by atoms with E-state index in [1.54, 1.807) is 12.1 Å². The van der Waals surface area contributed by atoms with Gasteiger partial charge in [0, 0.05) is 12.6 Å². The molecular weight excluding hydrogens is 291 g/mol. The fraction of sp³-hybridized carbons (Fsp3) is 0.455. The van der Waals surface area contributed by atoms with Gasteiger partial charge in [0.15, 0.2) is 0 Å². The van der Waals surface area contributed by atoms with Crippen molar-refractivity contribution >= 4 is 36.2 Å². The molecule has 0 spiro atoms. The molecule has 8 heteroatoms. The van der Waals surface area contributed by atoms with E-state index in [-0.39, 0.29) is 36.2 Å². The van der Waals surface area contributed by atoms with Crippen molar-refractivity contribution in [3.8, 4) is 0 Å². The van der Waals surface area contributed by atoms with Crippen LogP contribution in [0.15, 0.2) is 18.2 Å². The number of nitro benzene ring substituents is 1. The Morgan fingerprint density at radius 2 is 2.00 bits per heavy atom. The summed E-state index contributed by atoms with van der Waals surface area (Å²) in [6.45, 7) is 2.17. The van der Waals surface area contributed by atoms with E-state index in [1.165, 1.54) is 6.07 Å². The number of nitrogens with zero attached hydrogens (tertiary/aromatic N) is 2. The molecular formula is C11H20Cl2N4O2. The van der Waals surface area contributed by atoms with E-state index >= 15 is 0 Å². The summed E-state index contributed by atoms with van der Waals surface area (Å²) in [4.78, 5) is 12.3. The highest BCUT2D eigenvalue weighted by molar-refractivity contribution is 5.85. The van der Waals surface area contributed by atoms with E-state index in [0.717, 1.165) is 18.5 Å². The lowest BCUT2D eigenvalue weighted by molar-refractivity contribution is -0.384. The highest BCUT2D eigenvalue weighted by Gasteiger charge is 2.12. The van der Waals surface area contributed by atoms with Gasteiger partial charge in [-0.15, -0.1) is 24.8 Å². The van der Waals surface area contributed by atoms with Gasteiger partial charge in [-0.3, -0.25) is 10.1 Å². The van der Waals surface area contributed by atoms with E-state index in [1.807, 2.05) is 7.05 Å². The molecule has 6 nitrogen and oxygen atoms in total. The molecule has 0 aromatic heterocycles. The van der Waals surface area contributed by atoms with Gasteiger partial charge >= 0.3 is 0 Å². The van der Waals surface area contributed by atoms with Crippen LogP contribution in [0, 0.1) is 10.1 Å². The monoisotopic (exact) mass is 310 g/mol. The maximum absolute atomic E-state index is 10.7. The van der Waals surface area contributed by atoms with Gasteiger partial charge in [-0.2, -0.15) is 0 Å². The zero-order chi connectivity index (χ0) is 12.8. The lowest BCUT2D eigenvalue weighted by Crippen LogP contribution is -2.21. The Balaban J connectivity index is 0. The molecule has 1 aromatic rings. The average Bonchev–Trinajstić information content (AvgIpc) is 2.28. The molecule has 0 aliphatic carbocycles. The van der Waals surface area contributed by atoms with Gasteiger partial charge in [0.05, 0.1) is 4.92 Å². The summed E-state index contributed by atoms with van der Waals surface area (Å²) < 4.78 is 0. The molecule has 0 saturated heterocycles. The third kappa shape index (κ3) is 6.58. The van der Waals surface area contributed by atoms with E-state index in [9.17, 15) is 10.1 Å². The number of rotatable bonds is 6. The van der Waals surface area contributed by atoms with E-state index < -0.39 is 4.92 Å². The van der Waals surface area contributed by atoms with Crippen molar-refractivity contribution in [1.82, 2.24) is 4.90 Å². The number of anilines is 1. The number of nitrogen functional groups attached to an aromatic ring is 1. The number of benzene rings is 1. The van der Waals surface area contributed by atoms with Crippen LogP contribution in [0.5, 0.6) is 0 Å². The summed E-state index contributed by atoms with van der Waals surface area (Å²) in [5.41, 5.74) is 12.0. The van der Waals surface area contributed by atoms with Gasteiger partial charge in [0.2, 0.25) is 0 Å². The summed E-state index contributed by atoms with van der Waals surface area (Å²) in [5.74, 6) is 0. The van der Waals surface area contributed by atoms with Gasteiger partial charge in [0.25, 0.3) is 5.69 Å². The fourth-order valence-electron chi connectivity index (χ4n) is 1.60. The fourth-order valence-corrected chi connectivity index (χ4v) is 1.60. The highest BCUT2D eigenvalue weighted by atomic mass is 35.5. The number of nitrogens with two attached hydrogens (primary N) is 2. The second-order valence-electron chi connectivity index (χ2n) is 4.03. The van der Waals surface area contributed by atoms with Crippen molar-refractivity contribution < 1.29 is 4.92 Å². The third-order valence-electron chi connectivity index (χ3n) is 2.49. The molecule has 0 bridgehead atoms. The largest absolute Gasteiger partial charge is 0.393 e. The van der Waals surface area contributed by atoms with Crippen LogP contribution < -0.4 is 11.5 Å². The first kappa shape index (κ1) is 20.2. The molecule has 19 heavy (non-hydrogen) atoms. The molecule has 0 saturated carbocycles. The topological polar surface area (TPSA) is 98.4 Å². The summed E-state index contributed by atoms with van der Waals surface area (Å²) >= 11 is 0. The summed E-state index contributed by atoms with van der Waals surface area (Å²) in [5, 5.41) is 10.7. The van der Waals surface area contributed by atoms with Crippen molar-refractivity contribution in [2.45, 2.75) is 13.0 Å². The van der Waals surface area contributed by atoms with Gasteiger partial charge in [0.1, 0.15) is 5.69 Å². The number of hydrogen-bond acceptors (Lipinski definition) is 5. The van der Waals surface area contributed by atoms with Crippen molar-refractivity contribution in [3.63, 3.8) is 0 Å². The molecule has 1 aromatic carbocycles. The molecule has 110 valence electrons. The van der Waals surface area contributed by atoms with Crippen LogP contribution >= 0.6 is 24.8 Å². The van der Waals surface area contributed by atoms with Crippen molar-refractivity contribution in [2.75, 3.05) is 25.9 Å². The second kappa shape index (κ2) is 9.80. The van der Waals surface area contributed by atoms with Crippen LogP contribution in [0.4, 0.5) is 11.4 Å². The Kier molecular flexibility index (Phi) is 10.4. The number of halogens is 2. The Hall–Kier alpha value is -1.08. The standard InChI is InChI=1S/C11H18N4O2.2ClH/c1-14(6-2-5-12)8-9-3-4-10(13)11(7-9)15(16)17;;/h3-4,7H,2,5-6,8,12-13H2,1H3;2*1H. The lowest BCUT2D eigenvalue weighted by Gasteiger charge is -2.16. The predicted molar refractivity (Wildman–Crippen MR) is 82.0 cm³/mol. The van der Waals surface area contributed by atoms with Crippen LogP contribution in [-0.2, 0) is 6.54 Å². The predicted octanol–water partition coefficient (Wildman–Crippen LogP) is 1.80. The number of nitro groups is 1. The molecule has 0 unspecified atom stereocenters. The zero-order valence-electron chi connectivity index (χ0n) is 10.7. The van der Waals surface area contributed by atoms with Crippen LogP contribution in [0.25, 0.3) is 0 Å². The van der Waals surface area contributed by atoms with Gasteiger partial charge in [-0.1, -0.05) is 6.07 Å². The quantitative estimate of drug-likeness (QED) is 0.474. The Morgan fingerprint density at radius 3 is 2.53 bits per heavy atom. The van der Waals surface area contributed by atoms with Crippen LogP contribution in [0.1, 0.15) is 12.0 Å². The summed E-state index contributed by atoms with van der Waals surface area (Å²) in [7, 11) is 1.96. The minimum Gasteiger partial charge on any atom is -0.393 e. The van der Waals surface area contributed by atoms with E-state index in [2.05, 4.69) is 4.90 Å². The van der Waals surface area contributed by atoms with Gasteiger partial charge < -0.3 is 16.4 Å². The first-order valence-electron chi connectivity index (χ1n) is 5.46. The SMILES string of the molecule is CN(CCCN)Cc1ccc(N)c([N+](=O)[O-])c1.Cl.Cl. The highest BCUT2D eigenvalue weighted by Crippen LogP contribution is 2.22. The minimum atomic E-state index is -0.460. The first-order valence-corrected chi connectivity index (χ1v) is 5.46. The van der Waals surface area contributed by atoms with Gasteiger partial charge in [-0.05, 0) is 38.2 Å².